The first-order valence-corrected chi connectivity index (χ1v) is 8.36. The van der Waals surface area contributed by atoms with Crippen LogP contribution in [0.15, 0.2) is 35.1 Å². The number of carboxylic acid groups (broad SMARTS) is 1. The minimum atomic E-state index is -1.03. The fourth-order valence-electron chi connectivity index (χ4n) is 3.58. The molecule has 1 fully saturated rings. The van der Waals surface area contributed by atoms with Crippen molar-refractivity contribution in [1.82, 2.24) is 9.88 Å². The zero-order valence-electron chi connectivity index (χ0n) is 14.0. The van der Waals surface area contributed by atoms with Gasteiger partial charge in [0.15, 0.2) is 0 Å². The molecule has 2 aromatic rings. The maximum atomic E-state index is 12.4. The standard InChI is InChI=1S/C18H22N2O5/c1-25-14-8-4-11-5-9-16(21)20(15(11)10-14)17(22)12-2-6-13(7-3-12)19-18(23)24/h4-5,8-10,12-13,17,19,22H,2-3,6-7H2,1H3,(H,23,24). The number of nitrogens with zero attached hydrogens (tertiary/aromatic N) is 1. The molecular formula is C18H22N2O5. The van der Waals surface area contributed by atoms with Gasteiger partial charge in [-0.25, -0.2) is 4.79 Å². The molecule has 0 saturated heterocycles. The van der Waals surface area contributed by atoms with E-state index in [0.29, 0.717) is 36.9 Å². The van der Waals surface area contributed by atoms with E-state index in [9.17, 15) is 14.7 Å². The van der Waals surface area contributed by atoms with E-state index in [1.807, 2.05) is 12.1 Å². The Labute approximate surface area is 144 Å². The number of hydrogen-bond acceptors (Lipinski definition) is 4. The number of amides is 1. The maximum absolute atomic E-state index is 12.4. The van der Waals surface area contributed by atoms with Crippen molar-refractivity contribution in [2.24, 2.45) is 5.92 Å². The van der Waals surface area contributed by atoms with Gasteiger partial charge in [0.05, 0.1) is 12.6 Å². The van der Waals surface area contributed by atoms with Gasteiger partial charge in [-0.3, -0.25) is 9.36 Å². The lowest BCUT2D eigenvalue weighted by molar-refractivity contribution is 0.0204. The van der Waals surface area contributed by atoms with Crippen LogP contribution in [0.3, 0.4) is 0 Å². The summed E-state index contributed by atoms with van der Waals surface area (Å²) in [5.41, 5.74) is 0.365. The van der Waals surface area contributed by atoms with Gasteiger partial charge in [0, 0.05) is 24.1 Å². The summed E-state index contributed by atoms with van der Waals surface area (Å²) in [7, 11) is 1.56. The van der Waals surface area contributed by atoms with Crippen molar-refractivity contribution in [3.63, 3.8) is 0 Å². The van der Waals surface area contributed by atoms with Gasteiger partial charge in [0.25, 0.3) is 5.56 Å². The van der Waals surface area contributed by atoms with E-state index in [0.717, 1.165) is 5.39 Å². The maximum Gasteiger partial charge on any atom is 0.404 e. The topological polar surface area (TPSA) is 101 Å². The number of hydrogen-bond donors (Lipinski definition) is 3. The van der Waals surface area contributed by atoms with Crippen LogP contribution in [-0.4, -0.2) is 34.0 Å². The molecule has 1 amide bonds. The lowest BCUT2D eigenvalue weighted by atomic mass is 9.84. The summed E-state index contributed by atoms with van der Waals surface area (Å²) in [6.07, 6.45) is 0.626. The number of carbonyl (C=O) groups is 1. The zero-order chi connectivity index (χ0) is 18.0. The smallest absolute Gasteiger partial charge is 0.404 e. The Morgan fingerprint density at radius 2 is 1.92 bits per heavy atom. The van der Waals surface area contributed by atoms with Gasteiger partial charge in [0.2, 0.25) is 0 Å². The molecule has 1 aromatic carbocycles. The van der Waals surface area contributed by atoms with Gasteiger partial charge in [-0.2, -0.15) is 0 Å². The Bertz CT molecular complexity index is 824. The zero-order valence-corrected chi connectivity index (χ0v) is 14.0. The van der Waals surface area contributed by atoms with Gasteiger partial charge in [-0.05, 0) is 49.3 Å². The largest absolute Gasteiger partial charge is 0.497 e. The highest BCUT2D eigenvalue weighted by Gasteiger charge is 2.29. The number of aromatic nitrogens is 1. The summed E-state index contributed by atoms with van der Waals surface area (Å²) in [6.45, 7) is 0. The number of fused-ring (bicyclic) bond motifs is 1. The lowest BCUT2D eigenvalue weighted by Crippen LogP contribution is -2.39. The number of aliphatic hydroxyl groups excluding tert-OH is 1. The number of methoxy groups -OCH3 is 1. The average molecular weight is 346 g/mol. The van der Waals surface area contributed by atoms with Crippen molar-refractivity contribution >= 4 is 17.0 Å². The van der Waals surface area contributed by atoms with Crippen LogP contribution in [0.25, 0.3) is 10.9 Å². The summed E-state index contributed by atoms with van der Waals surface area (Å²) >= 11 is 0. The first-order valence-electron chi connectivity index (χ1n) is 8.36. The molecule has 1 aliphatic rings. The highest BCUT2D eigenvalue weighted by atomic mass is 16.5. The third-order valence-corrected chi connectivity index (χ3v) is 4.93. The van der Waals surface area contributed by atoms with E-state index in [-0.39, 0.29) is 17.5 Å². The van der Waals surface area contributed by atoms with E-state index in [4.69, 9.17) is 9.84 Å². The van der Waals surface area contributed by atoms with Crippen molar-refractivity contribution < 1.29 is 19.7 Å². The Morgan fingerprint density at radius 3 is 2.56 bits per heavy atom. The molecule has 1 aromatic heterocycles. The Hall–Kier alpha value is -2.54. The van der Waals surface area contributed by atoms with Crippen molar-refractivity contribution in [3.05, 3.63) is 40.7 Å². The second-order valence-electron chi connectivity index (χ2n) is 6.44. The van der Waals surface area contributed by atoms with E-state index in [1.54, 1.807) is 19.2 Å². The van der Waals surface area contributed by atoms with Crippen molar-refractivity contribution in [1.29, 1.82) is 0 Å². The Balaban J connectivity index is 1.87. The Kier molecular flexibility index (Phi) is 4.94. The van der Waals surface area contributed by atoms with Gasteiger partial charge in [-0.15, -0.1) is 0 Å². The van der Waals surface area contributed by atoms with E-state index in [1.165, 1.54) is 10.6 Å². The molecular weight excluding hydrogens is 324 g/mol. The summed E-state index contributed by atoms with van der Waals surface area (Å²) in [5, 5.41) is 23.0. The second kappa shape index (κ2) is 7.14. The molecule has 1 aliphatic carbocycles. The molecule has 1 saturated carbocycles. The number of rotatable bonds is 4. The molecule has 1 atom stereocenters. The van der Waals surface area contributed by atoms with Crippen LogP contribution in [0.5, 0.6) is 5.75 Å². The second-order valence-corrected chi connectivity index (χ2v) is 6.44. The van der Waals surface area contributed by atoms with E-state index >= 15 is 0 Å². The quantitative estimate of drug-likeness (QED) is 0.789. The number of ether oxygens (including phenoxy) is 1. The summed E-state index contributed by atoms with van der Waals surface area (Å²) in [6, 6.07) is 8.50. The molecule has 7 nitrogen and oxygen atoms in total. The monoisotopic (exact) mass is 346 g/mol. The fraction of sp³-hybridized carbons (Fsp3) is 0.444. The predicted molar refractivity (Wildman–Crippen MR) is 92.9 cm³/mol. The van der Waals surface area contributed by atoms with Crippen molar-refractivity contribution in [2.75, 3.05) is 7.11 Å². The highest BCUT2D eigenvalue weighted by Crippen LogP contribution is 2.33. The minimum Gasteiger partial charge on any atom is -0.497 e. The van der Waals surface area contributed by atoms with E-state index in [2.05, 4.69) is 5.32 Å². The molecule has 1 heterocycles. The number of pyridine rings is 1. The molecule has 0 radical (unpaired) electrons. The molecule has 7 heteroatoms. The van der Waals surface area contributed by atoms with Crippen LogP contribution in [0, 0.1) is 5.92 Å². The molecule has 0 aliphatic heterocycles. The lowest BCUT2D eigenvalue weighted by Gasteiger charge is -2.32. The molecule has 0 spiro atoms. The van der Waals surface area contributed by atoms with Gasteiger partial charge >= 0.3 is 6.09 Å². The van der Waals surface area contributed by atoms with Crippen LogP contribution < -0.4 is 15.6 Å². The van der Waals surface area contributed by atoms with Crippen molar-refractivity contribution in [2.45, 2.75) is 38.0 Å². The minimum absolute atomic E-state index is 0.0923. The average Bonchev–Trinajstić information content (AvgIpc) is 2.60. The van der Waals surface area contributed by atoms with Crippen LogP contribution in [0.2, 0.25) is 0 Å². The summed E-state index contributed by atoms with van der Waals surface area (Å²) in [4.78, 5) is 23.1. The van der Waals surface area contributed by atoms with E-state index < -0.39 is 12.3 Å². The fourth-order valence-corrected chi connectivity index (χ4v) is 3.58. The molecule has 3 rings (SSSR count). The number of nitrogens with one attached hydrogen (secondary N) is 1. The molecule has 0 bridgehead atoms. The summed E-state index contributed by atoms with van der Waals surface area (Å²) < 4.78 is 6.64. The normalized spacial score (nSPS) is 21.7. The Morgan fingerprint density at radius 1 is 1.24 bits per heavy atom. The van der Waals surface area contributed by atoms with Crippen molar-refractivity contribution in [3.8, 4) is 5.75 Å². The van der Waals surface area contributed by atoms with Crippen LogP contribution in [-0.2, 0) is 0 Å². The predicted octanol–water partition coefficient (Wildman–Crippen LogP) is 2.33. The third-order valence-electron chi connectivity index (χ3n) is 4.93. The third kappa shape index (κ3) is 3.61. The van der Waals surface area contributed by atoms with Crippen LogP contribution in [0.4, 0.5) is 4.79 Å². The summed E-state index contributed by atoms with van der Waals surface area (Å²) in [5.74, 6) is 0.523. The molecule has 3 N–H and O–H groups in total. The van der Waals surface area contributed by atoms with Gasteiger partial charge in [0.1, 0.15) is 12.0 Å². The van der Waals surface area contributed by atoms with Crippen LogP contribution in [0.1, 0.15) is 31.9 Å². The SMILES string of the molecule is COc1ccc2ccc(=O)n(C(O)C3CCC(NC(=O)O)CC3)c2c1. The number of benzene rings is 1. The molecule has 134 valence electrons. The number of aliphatic hydroxyl groups is 1. The van der Waals surface area contributed by atoms with Gasteiger partial charge < -0.3 is 20.3 Å². The van der Waals surface area contributed by atoms with Gasteiger partial charge in [-0.1, -0.05) is 0 Å². The first-order chi connectivity index (χ1) is 12.0. The van der Waals surface area contributed by atoms with Crippen LogP contribution >= 0.6 is 0 Å². The molecule has 25 heavy (non-hydrogen) atoms. The highest BCUT2D eigenvalue weighted by molar-refractivity contribution is 5.80. The molecule has 1 unspecified atom stereocenters. The first kappa shape index (κ1) is 17.3.